The van der Waals surface area contributed by atoms with E-state index in [2.05, 4.69) is 23.3 Å². The van der Waals surface area contributed by atoms with Gasteiger partial charge in [0, 0.05) is 30.8 Å². The number of aromatic amines is 1. The average molecular weight is 420 g/mol. The third kappa shape index (κ3) is 5.14. The molecule has 4 rings (SSSR count). The van der Waals surface area contributed by atoms with Gasteiger partial charge in [-0.25, -0.2) is 4.79 Å². The second kappa shape index (κ2) is 9.35. The van der Waals surface area contributed by atoms with E-state index in [1.54, 1.807) is 4.90 Å². The van der Waals surface area contributed by atoms with E-state index in [1.165, 1.54) is 5.56 Å². The number of H-pyrrole nitrogens is 1. The molecule has 2 aromatic carbocycles. The molecule has 0 aliphatic carbocycles. The molecule has 6 heteroatoms. The Morgan fingerprint density at radius 1 is 1.16 bits per heavy atom. The molecule has 1 aliphatic heterocycles. The van der Waals surface area contributed by atoms with Gasteiger partial charge in [-0.2, -0.15) is 0 Å². The molecule has 0 saturated carbocycles. The van der Waals surface area contributed by atoms with E-state index in [0.717, 1.165) is 41.5 Å². The topological polar surface area (TPSA) is 74.4 Å². The number of amides is 2. The Hall–Kier alpha value is -3.12. The molecule has 1 atom stereocenters. The van der Waals surface area contributed by atoms with Crippen LogP contribution in [0.5, 0.6) is 0 Å². The minimum absolute atomic E-state index is 0.00640. The predicted octanol–water partition coefficient (Wildman–Crippen LogP) is 4.04. The fraction of sp³-hybridized carbons (Fsp3) is 0.360. The number of rotatable bonds is 6. The molecule has 0 radical (unpaired) electrons. The normalized spacial score (nSPS) is 15.9. The van der Waals surface area contributed by atoms with Crippen molar-refractivity contribution in [1.82, 2.24) is 15.2 Å². The standard InChI is InChI=1S/C25H29N3O3/c1-17-11-20-13-21(24(29)27-23(20)12-18(17)2)15-28(16-22-9-6-10-31-22)25(30)26-14-19-7-4-3-5-8-19/h3-5,7-8,11-13,22H,6,9-10,14-16H2,1-2H3,(H,26,30)(H,27,29)/t22-/m0/s1. The molecule has 6 nitrogen and oxygen atoms in total. The summed E-state index contributed by atoms with van der Waals surface area (Å²) in [5, 5.41) is 3.96. The smallest absolute Gasteiger partial charge is 0.318 e. The summed E-state index contributed by atoms with van der Waals surface area (Å²) < 4.78 is 5.76. The van der Waals surface area contributed by atoms with Crippen molar-refractivity contribution in [1.29, 1.82) is 0 Å². The van der Waals surface area contributed by atoms with Gasteiger partial charge in [0.1, 0.15) is 0 Å². The Morgan fingerprint density at radius 2 is 1.94 bits per heavy atom. The van der Waals surface area contributed by atoms with Crippen molar-refractivity contribution >= 4 is 16.9 Å². The van der Waals surface area contributed by atoms with Gasteiger partial charge in [0.05, 0.1) is 12.6 Å². The highest BCUT2D eigenvalue weighted by molar-refractivity contribution is 5.81. The maximum absolute atomic E-state index is 13.0. The van der Waals surface area contributed by atoms with E-state index in [1.807, 2.05) is 49.4 Å². The quantitative estimate of drug-likeness (QED) is 0.633. The van der Waals surface area contributed by atoms with E-state index in [-0.39, 0.29) is 24.2 Å². The summed E-state index contributed by atoms with van der Waals surface area (Å²) in [6, 6.07) is 15.6. The van der Waals surface area contributed by atoms with E-state index in [0.29, 0.717) is 18.7 Å². The minimum atomic E-state index is -0.195. The molecule has 3 aromatic rings. The van der Waals surface area contributed by atoms with Gasteiger partial charge in [-0.3, -0.25) is 4.79 Å². The van der Waals surface area contributed by atoms with Crippen LogP contribution in [0.1, 0.15) is 35.1 Å². The van der Waals surface area contributed by atoms with Crippen molar-refractivity contribution in [3.05, 3.63) is 81.1 Å². The Kier molecular flexibility index (Phi) is 6.37. The first kappa shape index (κ1) is 21.1. The van der Waals surface area contributed by atoms with Gasteiger partial charge >= 0.3 is 6.03 Å². The van der Waals surface area contributed by atoms with Crippen molar-refractivity contribution in [3.63, 3.8) is 0 Å². The second-order valence-corrected chi connectivity index (χ2v) is 8.31. The summed E-state index contributed by atoms with van der Waals surface area (Å²) in [4.78, 5) is 30.5. The van der Waals surface area contributed by atoms with Gasteiger partial charge in [0.15, 0.2) is 0 Å². The van der Waals surface area contributed by atoms with Crippen LogP contribution in [0.2, 0.25) is 0 Å². The van der Waals surface area contributed by atoms with Gasteiger partial charge in [-0.1, -0.05) is 30.3 Å². The van der Waals surface area contributed by atoms with Crippen LogP contribution in [0, 0.1) is 13.8 Å². The van der Waals surface area contributed by atoms with Crippen LogP contribution < -0.4 is 10.9 Å². The number of nitrogens with zero attached hydrogens (tertiary/aromatic N) is 1. The molecular formula is C25H29N3O3. The zero-order valence-electron chi connectivity index (χ0n) is 18.1. The summed E-state index contributed by atoms with van der Waals surface area (Å²) in [6.45, 7) is 5.94. The molecule has 1 saturated heterocycles. The summed E-state index contributed by atoms with van der Waals surface area (Å²) in [5.74, 6) is 0. The maximum Gasteiger partial charge on any atom is 0.318 e. The monoisotopic (exact) mass is 419 g/mol. The zero-order chi connectivity index (χ0) is 21.8. The molecule has 2 amide bonds. The van der Waals surface area contributed by atoms with Crippen LogP contribution in [0.25, 0.3) is 10.9 Å². The highest BCUT2D eigenvalue weighted by Crippen LogP contribution is 2.19. The first-order valence-corrected chi connectivity index (χ1v) is 10.8. The minimum Gasteiger partial charge on any atom is -0.376 e. The summed E-state index contributed by atoms with van der Waals surface area (Å²) in [5.41, 5.74) is 4.56. The molecule has 1 fully saturated rings. The third-order valence-electron chi connectivity index (χ3n) is 5.92. The van der Waals surface area contributed by atoms with Gasteiger partial charge in [-0.15, -0.1) is 0 Å². The number of aryl methyl sites for hydroxylation is 2. The summed E-state index contributed by atoms with van der Waals surface area (Å²) in [7, 11) is 0. The average Bonchev–Trinajstić information content (AvgIpc) is 3.27. The van der Waals surface area contributed by atoms with Crippen molar-refractivity contribution < 1.29 is 9.53 Å². The Bertz CT molecular complexity index is 1120. The number of aromatic nitrogens is 1. The zero-order valence-corrected chi connectivity index (χ0v) is 18.1. The Morgan fingerprint density at radius 3 is 2.68 bits per heavy atom. The number of carbonyl (C=O) groups is 1. The number of urea groups is 1. The van der Waals surface area contributed by atoms with E-state index in [4.69, 9.17) is 4.74 Å². The van der Waals surface area contributed by atoms with Crippen LogP contribution in [-0.2, 0) is 17.8 Å². The Labute approximate surface area is 182 Å². The lowest BCUT2D eigenvalue weighted by atomic mass is 10.0. The largest absolute Gasteiger partial charge is 0.376 e. The lowest BCUT2D eigenvalue weighted by Gasteiger charge is -2.26. The van der Waals surface area contributed by atoms with Gasteiger partial charge < -0.3 is 19.9 Å². The van der Waals surface area contributed by atoms with Crippen molar-refractivity contribution in [2.24, 2.45) is 0 Å². The van der Waals surface area contributed by atoms with Crippen molar-refractivity contribution in [2.75, 3.05) is 13.2 Å². The van der Waals surface area contributed by atoms with Crippen LogP contribution >= 0.6 is 0 Å². The highest BCUT2D eigenvalue weighted by atomic mass is 16.5. The van der Waals surface area contributed by atoms with Crippen molar-refractivity contribution in [3.8, 4) is 0 Å². The van der Waals surface area contributed by atoms with Crippen LogP contribution in [0.3, 0.4) is 0 Å². The number of carbonyl (C=O) groups excluding carboxylic acids is 1. The molecule has 0 bridgehead atoms. The number of ether oxygens (including phenoxy) is 1. The second-order valence-electron chi connectivity index (χ2n) is 8.31. The number of benzene rings is 2. The first-order chi connectivity index (χ1) is 15.0. The third-order valence-corrected chi connectivity index (χ3v) is 5.92. The molecule has 1 aromatic heterocycles. The fourth-order valence-electron chi connectivity index (χ4n) is 3.98. The van der Waals surface area contributed by atoms with Crippen molar-refractivity contribution in [2.45, 2.75) is 45.9 Å². The number of hydrogen-bond acceptors (Lipinski definition) is 3. The number of hydrogen-bond donors (Lipinski definition) is 2. The van der Waals surface area contributed by atoms with Gasteiger partial charge in [0.2, 0.25) is 0 Å². The number of pyridine rings is 1. The predicted molar refractivity (Wildman–Crippen MR) is 122 cm³/mol. The molecule has 1 aliphatic rings. The molecule has 2 heterocycles. The summed E-state index contributed by atoms with van der Waals surface area (Å²) >= 11 is 0. The fourth-order valence-corrected chi connectivity index (χ4v) is 3.98. The molecule has 0 unspecified atom stereocenters. The molecule has 31 heavy (non-hydrogen) atoms. The molecular weight excluding hydrogens is 390 g/mol. The van der Waals surface area contributed by atoms with Gasteiger partial charge in [0.25, 0.3) is 5.56 Å². The van der Waals surface area contributed by atoms with Crippen LogP contribution in [-0.4, -0.2) is 35.2 Å². The Balaban J connectivity index is 1.56. The highest BCUT2D eigenvalue weighted by Gasteiger charge is 2.23. The first-order valence-electron chi connectivity index (χ1n) is 10.8. The van der Waals surface area contributed by atoms with E-state index in [9.17, 15) is 9.59 Å². The summed E-state index contributed by atoms with van der Waals surface area (Å²) in [6.07, 6.45) is 1.93. The van der Waals surface area contributed by atoms with Crippen LogP contribution in [0.15, 0.2) is 53.3 Å². The maximum atomic E-state index is 13.0. The molecule has 2 N–H and O–H groups in total. The lowest BCUT2D eigenvalue weighted by molar-refractivity contribution is 0.0793. The van der Waals surface area contributed by atoms with E-state index < -0.39 is 0 Å². The van der Waals surface area contributed by atoms with Crippen LogP contribution in [0.4, 0.5) is 4.79 Å². The van der Waals surface area contributed by atoms with Gasteiger partial charge in [-0.05, 0) is 67.0 Å². The molecule has 162 valence electrons. The SMILES string of the molecule is Cc1cc2cc(CN(C[C@@H]3CCCO3)C(=O)NCc3ccccc3)c(=O)[nH]c2cc1C. The number of fused-ring (bicyclic) bond motifs is 1. The lowest BCUT2D eigenvalue weighted by Crippen LogP contribution is -2.43. The van der Waals surface area contributed by atoms with E-state index >= 15 is 0 Å². The molecule has 0 spiro atoms. The number of nitrogens with one attached hydrogen (secondary N) is 2.